The van der Waals surface area contributed by atoms with E-state index in [1.54, 1.807) is 0 Å². The van der Waals surface area contributed by atoms with Crippen molar-refractivity contribution in [3.63, 3.8) is 0 Å². The van der Waals surface area contributed by atoms with Gasteiger partial charge in [0.1, 0.15) is 0 Å². The van der Waals surface area contributed by atoms with Crippen molar-refractivity contribution in [2.24, 2.45) is 0 Å². The molecule has 1 N–H and O–H groups in total. The van der Waals surface area contributed by atoms with Gasteiger partial charge >= 0.3 is 0 Å². The van der Waals surface area contributed by atoms with E-state index in [4.69, 9.17) is 0 Å². The largest absolute Gasteiger partial charge is 0.366 e. The fourth-order valence-corrected chi connectivity index (χ4v) is 1.80. The minimum atomic E-state index is -0.409. The normalized spacial score (nSPS) is 19.6. The summed E-state index contributed by atoms with van der Waals surface area (Å²) in [6.45, 7) is 4.95. The Morgan fingerprint density at radius 1 is 1.50 bits per heavy atom. The maximum Gasteiger partial charge on any atom is 0.214 e. The van der Waals surface area contributed by atoms with Gasteiger partial charge in [-0.2, -0.15) is 4.39 Å². The standard InChI is InChI=1S/C10H14FN3.2ClH/c1-8-7-12-4-5-14(8)9-2-3-13-10(11)6-9;;/h2-3,6,8,12H,4-5,7H2,1H3;2*1H. The topological polar surface area (TPSA) is 28.2 Å². The average molecular weight is 268 g/mol. The van der Waals surface area contributed by atoms with E-state index in [1.807, 2.05) is 6.07 Å². The summed E-state index contributed by atoms with van der Waals surface area (Å²) in [6, 6.07) is 3.75. The molecule has 1 aliphatic rings. The smallest absolute Gasteiger partial charge is 0.214 e. The van der Waals surface area contributed by atoms with Crippen molar-refractivity contribution < 1.29 is 4.39 Å². The van der Waals surface area contributed by atoms with Crippen LogP contribution in [0.2, 0.25) is 0 Å². The molecule has 0 radical (unpaired) electrons. The van der Waals surface area contributed by atoms with Crippen molar-refractivity contribution in [1.82, 2.24) is 10.3 Å². The third kappa shape index (κ3) is 3.47. The molecule has 1 aromatic rings. The minimum absolute atomic E-state index is 0. The molecule has 1 saturated heterocycles. The number of hydrogen-bond acceptors (Lipinski definition) is 3. The summed E-state index contributed by atoms with van der Waals surface area (Å²) in [4.78, 5) is 5.75. The molecule has 2 heterocycles. The van der Waals surface area contributed by atoms with Crippen molar-refractivity contribution in [2.45, 2.75) is 13.0 Å². The van der Waals surface area contributed by atoms with Crippen molar-refractivity contribution in [2.75, 3.05) is 24.5 Å². The monoisotopic (exact) mass is 267 g/mol. The lowest BCUT2D eigenvalue weighted by Crippen LogP contribution is -2.49. The predicted molar refractivity (Wildman–Crippen MR) is 68.4 cm³/mol. The highest BCUT2D eigenvalue weighted by Gasteiger charge is 2.18. The Hall–Kier alpha value is -0.580. The zero-order valence-electron chi connectivity index (χ0n) is 9.02. The highest BCUT2D eigenvalue weighted by molar-refractivity contribution is 5.85. The first-order valence-electron chi connectivity index (χ1n) is 4.86. The molecular formula is C10H16Cl2FN3. The van der Waals surface area contributed by atoms with Gasteiger partial charge in [-0.3, -0.25) is 0 Å². The number of aromatic nitrogens is 1. The van der Waals surface area contributed by atoms with Crippen LogP contribution in [0.5, 0.6) is 0 Å². The summed E-state index contributed by atoms with van der Waals surface area (Å²) in [7, 11) is 0. The third-order valence-corrected chi connectivity index (χ3v) is 2.54. The molecule has 3 nitrogen and oxygen atoms in total. The van der Waals surface area contributed by atoms with Gasteiger partial charge in [-0.1, -0.05) is 0 Å². The van der Waals surface area contributed by atoms with Crippen LogP contribution in [0.3, 0.4) is 0 Å². The van der Waals surface area contributed by atoms with E-state index in [0.29, 0.717) is 6.04 Å². The van der Waals surface area contributed by atoms with Crippen molar-refractivity contribution in [3.8, 4) is 0 Å². The van der Waals surface area contributed by atoms with E-state index in [9.17, 15) is 4.39 Å². The molecule has 1 fully saturated rings. The van der Waals surface area contributed by atoms with E-state index < -0.39 is 5.95 Å². The Kier molecular flexibility index (Phi) is 6.64. The Balaban J connectivity index is 0.00000112. The lowest BCUT2D eigenvalue weighted by molar-refractivity contribution is 0.498. The van der Waals surface area contributed by atoms with Gasteiger partial charge in [-0.15, -0.1) is 24.8 Å². The number of hydrogen-bond donors (Lipinski definition) is 1. The van der Waals surface area contributed by atoms with E-state index >= 15 is 0 Å². The number of pyridine rings is 1. The lowest BCUT2D eigenvalue weighted by atomic mass is 10.2. The van der Waals surface area contributed by atoms with Crippen LogP contribution in [-0.2, 0) is 0 Å². The van der Waals surface area contributed by atoms with Crippen LogP contribution in [0, 0.1) is 5.95 Å². The number of piperazine rings is 1. The molecule has 0 aromatic carbocycles. The number of anilines is 1. The second kappa shape index (κ2) is 6.89. The molecule has 0 spiro atoms. The third-order valence-electron chi connectivity index (χ3n) is 2.54. The first kappa shape index (κ1) is 15.4. The zero-order valence-corrected chi connectivity index (χ0v) is 10.7. The Bertz CT molecular complexity index is 325. The first-order chi connectivity index (χ1) is 6.77. The number of halogens is 3. The van der Waals surface area contributed by atoms with Crippen LogP contribution in [0.4, 0.5) is 10.1 Å². The summed E-state index contributed by atoms with van der Waals surface area (Å²) in [5.41, 5.74) is 0.923. The molecule has 0 bridgehead atoms. The molecular weight excluding hydrogens is 252 g/mol. The summed E-state index contributed by atoms with van der Waals surface area (Å²) in [5.74, 6) is -0.409. The summed E-state index contributed by atoms with van der Waals surface area (Å²) in [6.07, 6.45) is 1.51. The van der Waals surface area contributed by atoms with Gasteiger partial charge in [0.2, 0.25) is 5.95 Å². The summed E-state index contributed by atoms with van der Waals surface area (Å²) < 4.78 is 12.9. The van der Waals surface area contributed by atoms with Gasteiger partial charge in [-0.05, 0) is 13.0 Å². The Morgan fingerprint density at radius 3 is 2.88 bits per heavy atom. The molecule has 0 aliphatic carbocycles. The van der Waals surface area contributed by atoms with Crippen molar-refractivity contribution >= 4 is 30.5 Å². The van der Waals surface area contributed by atoms with E-state index in [2.05, 4.69) is 22.1 Å². The van der Waals surface area contributed by atoms with Gasteiger partial charge in [0.05, 0.1) is 0 Å². The quantitative estimate of drug-likeness (QED) is 0.788. The van der Waals surface area contributed by atoms with Gasteiger partial charge < -0.3 is 10.2 Å². The predicted octanol–water partition coefficient (Wildman–Crippen LogP) is 1.86. The average Bonchev–Trinajstić information content (AvgIpc) is 2.18. The number of rotatable bonds is 1. The van der Waals surface area contributed by atoms with Crippen LogP contribution < -0.4 is 10.2 Å². The molecule has 1 aliphatic heterocycles. The summed E-state index contributed by atoms with van der Waals surface area (Å²) >= 11 is 0. The summed E-state index contributed by atoms with van der Waals surface area (Å²) in [5, 5.41) is 3.30. The van der Waals surface area contributed by atoms with E-state index in [1.165, 1.54) is 12.3 Å². The maximum absolute atomic E-state index is 12.9. The van der Waals surface area contributed by atoms with Crippen molar-refractivity contribution in [1.29, 1.82) is 0 Å². The molecule has 92 valence electrons. The molecule has 6 heteroatoms. The lowest BCUT2D eigenvalue weighted by Gasteiger charge is -2.35. The zero-order chi connectivity index (χ0) is 9.97. The fourth-order valence-electron chi connectivity index (χ4n) is 1.80. The molecule has 16 heavy (non-hydrogen) atoms. The van der Waals surface area contributed by atoms with Crippen LogP contribution in [-0.4, -0.2) is 30.7 Å². The molecule has 2 rings (SSSR count). The van der Waals surface area contributed by atoms with Crippen LogP contribution in [0.1, 0.15) is 6.92 Å². The highest BCUT2D eigenvalue weighted by Crippen LogP contribution is 2.17. The molecule has 1 aromatic heterocycles. The van der Waals surface area contributed by atoms with Crippen LogP contribution in [0.25, 0.3) is 0 Å². The molecule has 0 amide bonds. The second-order valence-corrected chi connectivity index (χ2v) is 3.58. The molecule has 0 saturated carbocycles. The van der Waals surface area contributed by atoms with Gasteiger partial charge in [0, 0.05) is 43.6 Å². The SMILES string of the molecule is CC1CNCCN1c1ccnc(F)c1.Cl.Cl. The number of nitrogens with one attached hydrogen (secondary N) is 1. The maximum atomic E-state index is 12.9. The van der Waals surface area contributed by atoms with E-state index in [0.717, 1.165) is 25.3 Å². The van der Waals surface area contributed by atoms with Crippen LogP contribution in [0.15, 0.2) is 18.3 Å². The van der Waals surface area contributed by atoms with E-state index in [-0.39, 0.29) is 24.8 Å². The van der Waals surface area contributed by atoms with Crippen molar-refractivity contribution in [3.05, 3.63) is 24.3 Å². The highest BCUT2D eigenvalue weighted by atomic mass is 35.5. The van der Waals surface area contributed by atoms with Gasteiger partial charge in [-0.25, -0.2) is 4.98 Å². The Labute approximate surface area is 107 Å². The first-order valence-corrected chi connectivity index (χ1v) is 4.86. The molecule has 1 atom stereocenters. The number of nitrogens with zero attached hydrogens (tertiary/aromatic N) is 2. The van der Waals surface area contributed by atoms with Gasteiger partial charge in [0.25, 0.3) is 0 Å². The fraction of sp³-hybridized carbons (Fsp3) is 0.500. The van der Waals surface area contributed by atoms with Crippen LogP contribution >= 0.6 is 24.8 Å². The van der Waals surface area contributed by atoms with Gasteiger partial charge in [0.15, 0.2) is 0 Å². The minimum Gasteiger partial charge on any atom is -0.366 e. The second-order valence-electron chi connectivity index (χ2n) is 3.58. The Morgan fingerprint density at radius 2 is 2.25 bits per heavy atom. The molecule has 1 unspecified atom stereocenters.